The van der Waals surface area contributed by atoms with Gasteiger partial charge in [-0.1, -0.05) is 42.5 Å². The van der Waals surface area contributed by atoms with Gasteiger partial charge in [0.15, 0.2) is 0 Å². The van der Waals surface area contributed by atoms with Crippen LogP contribution in [0, 0.1) is 0 Å². The van der Waals surface area contributed by atoms with E-state index in [2.05, 4.69) is 10.3 Å². The SMILES string of the molecule is CN(c1cccc(C(F)(F)F)c1)S(=O)(=O)c1cccc(/C=C/C(=O)Nc2ccccc2-c2ccccn2)c1. The maximum absolute atomic E-state index is 13.1. The minimum Gasteiger partial charge on any atom is -0.322 e. The van der Waals surface area contributed by atoms with Crippen molar-refractivity contribution in [1.82, 2.24) is 4.98 Å². The number of carbonyl (C=O) groups excluding carboxylic acids is 1. The number of nitrogens with one attached hydrogen (secondary N) is 1. The fourth-order valence-corrected chi connectivity index (χ4v) is 4.88. The van der Waals surface area contributed by atoms with Crippen LogP contribution in [0.25, 0.3) is 17.3 Å². The molecule has 10 heteroatoms. The fraction of sp³-hybridized carbons (Fsp3) is 0.0714. The summed E-state index contributed by atoms with van der Waals surface area (Å²) in [5.74, 6) is -0.442. The molecule has 0 fully saturated rings. The molecule has 0 saturated heterocycles. The Labute approximate surface area is 218 Å². The molecule has 0 spiro atoms. The van der Waals surface area contributed by atoms with Gasteiger partial charge in [-0.3, -0.25) is 14.1 Å². The molecule has 0 aliphatic carbocycles. The fourth-order valence-electron chi connectivity index (χ4n) is 3.64. The van der Waals surface area contributed by atoms with Gasteiger partial charge < -0.3 is 5.32 Å². The molecule has 1 heterocycles. The summed E-state index contributed by atoms with van der Waals surface area (Å²) in [5, 5.41) is 2.80. The van der Waals surface area contributed by atoms with Crippen LogP contribution in [0.2, 0.25) is 0 Å². The lowest BCUT2D eigenvalue weighted by molar-refractivity contribution is -0.137. The molecule has 4 aromatic rings. The average Bonchev–Trinajstić information content (AvgIpc) is 2.92. The smallest absolute Gasteiger partial charge is 0.322 e. The highest BCUT2D eigenvalue weighted by Crippen LogP contribution is 2.33. The molecule has 0 unspecified atom stereocenters. The molecule has 0 radical (unpaired) electrons. The number of sulfonamides is 1. The first kappa shape index (κ1) is 26.6. The predicted octanol–water partition coefficient (Wildman–Crippen LogP) is 6.24. The van der Waals surface area contributed by atoms with Crippen LogP contribution in [-0.2, 0) is 21.0 Å². The lowest BCUT2D eigenvalue weighted by atomic mass is 10.1. The molecule has 1 aromatic heterocycles. The first-order valence-electron chi connectivity index (χ1n) is 11.3. The van der Waals surface area contributed by atoms with Crippen LogP contribution in [-0.4, -0.2) is 26.4 Å². The third kappa shape index (κ3) is 6.09. The van der Waals surface area contributed by atoms with Crippen molar-refractivity contribution < 1.29 is 26.4 Å². The van der Waals surface area contributed by atoms with E-state index in [1.807, 2.05) is 24.3 Å². The highest BCUT2D eigenvalue weighted by molar-refractivity contribution is 7.92. The summed E-state index contributed by atoms with van der Waals surface area (Å²) < 4.78 is 66.3. The first-order valence-corrected chi connectivity index (χ1v) is 12.8. The van der Waals surface area contributed by atoms with Crippen molar-refractivity contribution in [2.24, 2.45) is 0 Å². The third-order valence-electron chi connectivity index (χ3n) is 5.61. The van der Waals surface area contributed by atoms with Crippen molar-refractivity contribution in [2.45, 2.75) is 11.1 Å². The second-order valence-corrected chi connectivity index (χ2v) is 10.1. The second-order valence-electron chi connectivity index (χ2n) is 8.18. The molecule has 1 N–H and O–H groups in total. The standard InChI is InChI=1S/C28H22F3N3O3S/c1-34(22-10-7-9-21(19-22)28(29,30)31)38(36,37)23-11-6-8-20(18-23)15-16-27(35)33-26-14-3-2-12-24(26)25-13-4-5-17-32-25/h2-19H,1H3,(H,33,35)/b16-15+. The normalized spacial score (nSPS) is 11.9. The Kier molecular flexibility index (Phi) is 7.63. The van der Waals surface area contributed by atoms with Crippen molar-refractivity contribution in [2.75, 3.05) is 16.7 Å². The number of hydrogen-bond donors (Lipinski definition) is 1. The number of para-hydroxylation sites is 1. The summed E-state index contributed by atoms with van der Waals surface area (Å²) in [6.07, 6.45) is -0.247. The van der Waals surface area contributed by atoms with Crippen LogP contribution in [0.4, 0.5) is 24.5 Å². The van der Waals surface area contributed by atoms with Crippen molar-refractivity contribution in [3.05, 3.63) is 114 Å². The number of amides is 1. The van der Waals surface area contributed by atoms with Gasteiger partial charge in [0, 0.05) is 24.9 Å². The Balaban J connectivity index is 1.52. The van der Waals surface area contributed by atoms with E-state index in [1.165, 1.54) is 43.5 Å². The van der Waals surface area contributed by atoms with E-state index in [0.717, 1.165) is 28.1 Å². The molecular formula is C28H22F3N3O3S. The van der Waals surface area contributed by atoms with Gasteiger partial charge >= 0.3 is 6.18 Å². The summed E-state index contributed by atoms with van der Waals surface area (Å²) in [4.78, 5) is 16.8. The van der Waals surface area contributed by atoms with E-state index >= 15 is 0 Å². The van der Waals surface area contributed by atoms with Crippen molar-refractivity contribution in [1.29, 1.82) is 0 Å². The minimum atomic E-state index is -4.61. The number of nitrogens with zero attached hydrogens (tertiary/aromatic N) is 2. The van der Waals surface area contributed by atoms with Crippen molar-refractivity contribution in [3.63, 3.8) is 0 Å². The minimum absolute atomic E-state index is 0.133. The van der Waals surface area contributed by atoms with Gasteiger partial charge in [-0.15, -0.1) is 0 Å². The lowest BCUT2D eigenvalue weighted by Crippen LogP contribution is -2.27. The number of aromatic nitrogens is 1. The van der Waals surface area contributed by atoms with Crippen molar-refractivity contribution >= 4 is 33.4 Å². The summed E-state index contributed by atoms with van der Waals surface area (Å²) in [7, 11) is -3.00. The molecule has 38 heavy (non-hydrogen) atoms. The Morgan fingerprint density at radius 3 is 2.39 bits per heavy atom. The van der Waals surface area contributed by atoms with E-state index in [1.54, 1.807) is 30.5 Å². The summed E-state index contributed by atoms with van der Waals surface area (Å²) in [5.41, 5.74) is 1.31. The maximum atomic E-state index is 13.1. The van der Waals surface area contributed by atoms with Gasteiger partial charge in [0.1, 0.15) is 0 Å². The zero-order chi connectivity index (χ0) is 27.3. The monoisotopic (exact) mass is 537 g/mol. The highest BCUT2D eigenvalue weighted by atomic mass is 32.2. The number of anilines is 2. The molecule has 0 atom stereocenters. The zero-order valence-electron chi connectivity index (χ0n) is 20.1. The van der Waals surface area contributed by atoms with Crippen LogP contribution < -0.4 is 9.62 Å². The molecule has 1 amide bonds. The van der Waals surface area contributed by atoms with E-state index in [9.17, 15) is 26.4 Å². The van der Waals surface area contributed by atoms with Crippen LogP contribution >= 0.6 is 0 Å². The Morgan fingerprint density at radius 1 is 0.921 bits per heavy atom. The van der Waals surface area contributed by atoms with E-state index in [-0.39, 0.29) is 10.6 Å². The zero-order valence-corrected chi connectivity index (χ0v) is 20.9. The van der Waals surface area contributed by atoms with Gasteiger partial charge in [-0.25, -0.2) is 8.42 Å². The molecule has 0 aliphatic heterocycles. The van der Waals surface area contributed by atoms with Gasteiger partial charge in [0.2, 0.25) is 5.91 Å². The Morgan fingerprint density at radius 2 is 1.66 bits per heavy atom. The first-order chi connectivity index (χ1) is 18.1. The highest BCUT2D eigenvalue weighted by Gasteiger charge is 2.31. The largest absolute Gasteiger partial charge is 0.416 e. The summed E-state index contributed by atoms with van der Waals surface area (Å²) >= 11 is 0. The number of pyridine rings is 1. The van der Waals surface area contributed by atoms with E-state index in [4.69, 9.17) is 0 Å². The van der Waals surface area contributed by atoms with Crippen LogP contribution in [0.1, 0.15) is 11.1 Å². The molecule has 0 bridgehead atoms. The van der Waals surface area contributed by atoms with E-state index < -0.39 is 27.7 Å². The lowest BCUT2D eigenvalue weighted by Gasteiger charge is -2.21. The van der Waals surface area contributed by atoms with Crippen LogP contribution in [0.5, 0.6) is 0 Å². The third-order valence-corrected chi connectivity index (χ3v) is 7.39. The Hall–Kier alpha value is -4.44. The molecule has 0 saturated carbocycles. The number of carbonyl (C=O) groups is 1. The second kappa shape index (κ2) is 10.9. The molecule has 194 valence electrons. The molecule has 4 rings (SSSR count). The molecule has 6 nitrogen and oxygen atoms in total. The van der Waals surface area contributed by atoms with E-state index in [0.29, 0.717) is 16.9 Å². The number of rotatable bonds is 7. The Bertz CT molecular complexity index is 1590. The quantitative estimate of drug-likeness (QED) is 0.283. The van der Waals surface area contributed by atoms with Crippen LogP contribution in [0.15, 0.2) is 108 Å². The van der Waals surface area contributed by atoms with Gasteiger partial charge in [0.25, 0.3) is 10.0 Å². The summed E-state index contributed by atoms with van der Waals surface area (Å²) in [6.45, 7) is 0. The number of hydrogen-bond acceptors (Lipinski definition) is 4. The average molecular weight is 538 g/mol. The van der Waals surface area contributed by atoms with Gasteiger partial charge in [-0.05, 0) is 60.2 Å². The summed E-state index contributed by atoms with van der Waals surface area (Å²) in [6, 6.07) is 22.5. The molecule has 3 aromatic carbocycles. The van der Waals surface area contributed by atoms with Gasteiger partial charge in [0.05, 0.1) is 27.5 Å². The predicted molar refractivity (Wildman–Crippen MR) is 141 cm³/mol. The number of alkyl halides is 3. The van der Waals surface area contributed by atoms with Crippen molar-refractivity contribution in [3.8, 4) is 11.3 Å². The van der Waals surface area contributed by atoms with Crippen LogP contribution in [0.3, 0.4) is 0 Å². The molecule has 0 aliphatic rings. The topological polar surface area (TPSA) is 79.4 Å². The van der Waals surface area contributed by atoms with Gasteiger partial charge in [-0.2, -0.15) is 13.2 Å². The number of halogens is 3. The number of benzene rings is 3. The maximum Gasteiger partial charge on any atom is 0.416 e. The molecular weight excluding hydrogens is 515 g/mol.